The fourth-order valence-electron chi connectivity index (χ4n) is 2.11. The molecule has 0 bridgehead atoms. The Hall–Kier alpha value is -2.23. The molecule has 0 saturated heterocycles. The molecule has 130 valence electrons. The van der Waals surface area contributed by atoms with Gasteiger partial charge >= 0.3 is 0 Å². The van der Waals surface area contributed by atoms with Crippen LogP contribution in [0.5, 0.6) is 0 Å². The van der Waals surface area contributed by atoms with E-state index in [0.29, 0.717) is 11.6 Å². The lowest BCUT2D eigenvalue weighted by Crippen LogP contribution is -2.22. The van der Waals surface area contributed by atoms with E-state index in [0.717, 1.165) is 16.1 Å². The number of thiophene rings is 1. The van der Waals surface area contributed by atoms with E-state index in [1.165, 1.54) is 34.8 Å². The second-order valence-electron chi connectivity index (χ2n) is 5.14. The van der Waals surface area contributed by atoms with Crippen LogP contribution in [0.1, 0.15) is 12.0 Å². The van der Waals surface area contributed by atoms with Gasteiger partial charge in [-0.05, 0) is 42.0 Å². The maximum atomic E-state index is 12.4. The molecule has 0 amide bonds. The van der Waals surface area contributed by atoms with Crippen molar-refractivity contribution in [3.05, 3.63) is 52.7 Å². The summed E-state index contributed by atoms with van der Waals surface area (Å²) in [5, 5.41) is 14.5. The zero-order valence-electron chi connectivity index (χ0n) is 12.8. The van der Waals surface area contributed by atoms with E-state index in [4.69, 9.17) is 0 Å². The molecule has 0 aliphatic heterocycles. The number of carbonyl (C=O) groups is 1. The molecule has 2 aromatic heterocycles. The minimum Gasteiger partial charge on any atom is -0.550 e. The van der Waals surface area contributed by atoms with Crippen LogP contribution in [0, 0.1) is 0 Å². The molecule has 0 atom stereocenters. The fourth-order valence-corrected chi connectivity index (χ4v) is 4.84. The average Bonchev–Trinajstić information content (AvgIpc) is 3.24. The summed E-state index contributed by atoms with van der Waals surface area (Å²) in [6.45, 7) is 0. The lowest BCUT2D eigenvalue weighted by atomic mass is 10.1. The van der Waals surface area contributed by atoms with Crippen LogP contribution < -0.4 is 9.83 Å². The Morgan fingerprint density at radius 3 is 2.56 bits per heavy atom. The van der Waals surface area contributed by atoms with E-state index in [2.05, 4.69) is 9.71 Å². The Balaban J connectivity index is 1.72. The molecule has 0 aliphatic rings. The van der Waals surface area contributed by atoms with E-state index in [9.17, 15) is 18.3 Å². The van der Waals surface area contributed by atoms with Gasteiger partial charge in [0.25, 0.3) is 10.0 Å². The normalized spacial score (nSPS) is 11.4. The highest BCUT2D eigenvalue weighted by Crippen LogP contribution is 2.29. The van der Waals surface area contributed by atoms with Crippen LogP contribution in [-0.2, 0) is 21.2 Å². The van der Waals surface area contributed by atoms with E-state index in [1.807, 2.05) is 17.5 Å². The van der Waals surface area contributed by atoms with Crippen LogP contribution in [0.3, 0.4) is 0 Å². The molecular weight excluding hydrogens is 380 g/mol. The maximum absolute atomic E-state index is 12.4. The van der Waals surface area contributed by atoms with Crippen molar-refractivity contribution in [1.29, 1.82) is 0 Å². The standard InChI is InChI=1S/C16H14N2O4S3/c19-15(20)8-5-11-3-6-12(7-4-11)25(21,22)18-16-17-13(10-24-16)14-2-1-9-23-14/h1-4,6-7,9-10H,5,8H2,(H,17,18)(H,19,20)/p-1. The zero-order chi connectivity index (χ0) is 17.9. The Labute approximate surface area is 152 Å². The summed E-state index contributed by atoms with van der Waals surface area (Å²) in [5.41, 5.74) is 1.47. The van der Waals surface area contributed by atoms with Crippen LogP contribution in [0.2, 0.25) is 0 Å². The highest BCUT2D eigenvalue weighted by molar-refractivity contribution is 7.93. The van der Waals surface area contributed by atoms with E-state index in [1.54, 1.807) is 17.5 Å². The van der Waals surface area contributed by atoms with Crippen molar-refractivity contribution < 1.29 is 18.3 Å². The third-order valence-corrected chi connectivity index (χ3v) is 6.49. The number of aliphatic carboxylic acids is 1. The summed E-state index contributed by atoms with van der Waals surface area (Å²) >= 11 is 2.75. The molecule has 9 heteroatoms. The number of hydrogen-bond donors (Lipinski definition) is 1. The van der Waals surface area contributed by atoms with Crippen molar-refractivity contribution in [2.24, 2.45) is 0 Å². The molecule has 0 saturated carbocycles. The van der Waals surface area contributed by atoms with Crippen molar-refractivity contribution in [3.63, 3.8) is 0 Å². The number of carboxylic acids is 1. The predicted molar refractivity (Wildman–Crippen MR) is 96.0 cm³/mol. The summed E-state index contributed by atoms with van der Waals surface area (Å²) in [4.78, 5) is 15.8. The molecule has 1 aromatic carbocycles. The summed E-state index contributed by atoms with van der Waals surface area (Å²) < 4.78 is 27.3. The van der Waals surface area contributed by atoms with Crippen LogP contribution in [0.4, 0.5) is 5.13 Å². The first-order chi connectivity index (χ1) is 11.9. The first-order valence-corrected chi connectivity index (χ1v) is 10.5. The van der Waals surface area contributed by atoms with Crippen LogP contribution in [-0.4, -0.2) is 19.4 Å². The number of benzene rings is 1. The van der Waals surface area contributed by atoms with Gasteiger partial charge in [-0.15, -0.1) is 22.7 Å². The zero-order valence-corrected chi connectivity index (χ0v) is 15.3. The Kier molecular flexibility index (Phi) is 5.16. The van der Waals surface area contributed by atoms with E-state index < -0.39 is 16.0 Å². The number of carboxylic acid groups (broad SMARTS) is 1. The highest BCUT2D eigenvalue weighted by Gasteiger charge is 2.16. The number of aromatic nitrogens is 1. The first-order valence-electron chi connectivity index (χ1n) is 7.25. The van der Waals surface area contributed by atoms with Gasteiger partial charge in [0.1, 0.15) is 0 Å². The van der Waals surface area contributed by atoms with E-state index in [-0.39, 0.29) is 11.3 Å². The second-order valence-corrected chi connectivity index (χ2v) is 8.62. The number of carbonyl (C=O) groups excluding carboxylic acids is 1. The minimum atomic E-state index is -3.74. The summed E-state index contributed by atoms with van der Waals surface area (Å²) in [6.07, 6.45) is 0.196. The van der Waals surface area contributed by atoms with Gasteiger partial charge in [0, 0.05) is 11.3 Å². The van der Waals surface area contributed by atoms with Crippen molar-refractivity contribution in [2.75, 3.05) is 4.72 Å². The van der Waals surface area contributed by atoms with Crippen LogP contribution >= 0.6 is 22.7 Å². The molecule has 0 spiro atoms. The van der Waals surface area contributed by atoms with Gasteiger partial charge < -0.3 is 9.90 Å². The third-order valence-electron chi connectivity index (χ3n) is 3.35. The van der Waals surface area contributed by atoms with E-state index >= 15 is 0 Å². The van der Waals surface area contributed by atoms with Crippen LogP contribution in [0.15, 0.2) is 52.1 Å². The lowest BCUT2D eigenvalue weighted by Gasteiger charge is -2.07. The van der Waals surface area contributed by atoms with Gasteiger partial charge in [-0.2, -0.15) is 0 Å². The molecule has 6 nitrogen and oxygen atoms in total. The first kappa shape index (κ1) is 17.6. The smallest absolute Gasteiger partial charge is 0.263 e. The SMILES string of the molecule is O=C([O-])CCc1ccc(S(=O)(=O)Nc2nc(-c3cccs3)cs2)cc1. The van der Waals surface area contributed by atoms with Crippen LogP contribution in [0.25, 0.3) is 10.6 Å². The second kappa shape index (κ2) is 7.34. The molecular formula is C16H13N2O4S3-. The molecule has 25 heavy (non-hydrogen) atoms. The number of nitrogens with zero attached hydrogens (tertiary/aromatic N) is 1. The predicted octanol–water partition coefficient (Wildman–Crippen LogP) is 2.35. The van der Waals surface area contributed by atoms with Gasteiger partial charge in [0.15, 0.2) is 5.13 Å². The summed E-state index contributed by atoms with van der Waals surface area (Å²) in [7, 11) is -3.74. The highest BCUT2D eigenvalue weighted by atomic mass is 32.2. The lowest BCUT2D eigenvalue weighted by molar-refractivity contribution is -0.305. The Morgan fingerprint density at radius 1 is 1.16 bits per heavy atom. The molecule has 0 aliphatic carbocycles. The third kappa shape index (κ3) is 4.44. The molecule has 0 unspecified atom stereocenters. The molecule has 2 heterocycles. The van der Waals surface area contributed by atoms with Gasteiger partial charge in [0.2, 0.25) is 0 Å². The Bertz CT molecular complexity index is 961. The quantitative estimate of drug-likeness (QED) is 0.664. The monoisotopic (exact) mass is 393 g/mol. The number of rotatable bonds is 7. The van der Waals surface area contributed by atoms with Gasteiger partial charge in [-0.3, -0.25) is 4.72 Å². The number of hydrogen-bond acceptors (Lipinski definition) is 7. The van der Waals surface area contributed by atoms with Gasteiger partial charge in [-0.25, -0.2) is 13.4 Å². The molecule has 3 aromatic rings. The minimum absolute atomic E-state index is 0.0950. The number of thiazole rings is 1. The number of aryl methyl sites for hydroxylation is 1. The van der Waals surface area contributed by atoms with Crippen molar-refractivity contribution >= 4 is 43.8 Å². The van der Waals surface area contributed by atoms with Gasteiger partial charge in [-0.1, -0.05) is 18.2 Å². The van der Waals surface area contributed by atoms with Gasteiger partial charge in [0.05, 0.1) is 15.5 Å². The Morgan fingerprint density at radius 2 is 1.92 bits per heavy atom. The van der Waals surface area contributed by atoms with Crippen molar-refractivity contribution in [3.8, 4) is 10.6 Å². The molecule has 0 radical (unpaired) electrons. The number of anilines is 1. The summed E-state index contributed by atoms with van der Waals surface area (Å²) in [6, 6.07) is 9.91. The number of nitrogens with one attached hydrogen (secondary N) is 1. The largest absolute Gasteiger partial charge is 0.550 e. The maximum Gasteiger partial charge on any atom is 0.263 e. The van der Waals surface area contributed by atoms with Crippen molar-refractivity contribution in [1.82, 2.24) is 4.98 Å². The topological polar surface area (TPSA) is 99.2 Å². The molecule has 0 fully saturated rings. The fraction of sp³-hybridized carbons (Fsp3) is 0.125. The molecule has 3 rings (SSSR count). The average molecular weight is 393 g/mol. The van der Waals surface area contributed by atoms with Crippen molar-refractivity contribution in [2.45, 2.75) is 17.7 Å². The number of sulfonamides is 1. The molecule has 1 N–H and O–H groups in total. The summed E-state index contributed by atoms with van der Waals surface area (Å²) in [5.74, 6) is -1.14.